The molecule has 0 radical (unpaired) electrons. The number of hydrogen-bond donors (Lipinski definition) is 2. The Balaban J connectivity index is 2.22. The van der Waals surface area contributed by atoms with Gasteiger partial charge >= 0.3 is 0 Å². The van der Waals surface area contributed by atoms with Crippen molar-refractivity contribution < 1.29 is 10.0 Å². The third kappa shape index (κ3) is 2.03. The number of carbonyl (C=O) groups excluding carboxylic acids is 1. The lowest BCUT2D eigenvalue weighted by molar-refractivity contribution is -0.147. The fourth-order valence-corrected chi connectivity index (χ4v) is 1.87. The normalized spacial score (nSPS) is 26.8. The SMILES string of the molecule is O=CC1CNC(c2cccc(Cl)c2)N1O. The highest BCUT2D eigenvalue weighted by Gasteiger charge is 2.32. The molecule has 1 aromatic rings. The minimum absolute atomic E-state index is 0.362. The smallest absolute Gasteiger partial charge is 0.140 e. The third-order valence-corrected chi connectivity index (χ3v) is 2.68. The minimum Gasteiger partial charge on any atom is -0.311 e. The molecule has 2 atom stereocenters. The molecule has 0 aromatic heterocycles. The van der Waals surface area contributed by atoms with Crippen LogP contribution in [0.1, 0.15) is 11.7 Å². The van der Waals surface area contributed by atoms with Gasteiger partial charge in [-0.1, -0.05) is 23.7 Å². The Morgan fingerprint density at radius 2 is 2.40 bits per heavy atom. The Labute approximate surface area is 92.4 Å². The molecular weight excluding hydrogens is 216 g/mol. The first-order valence-corrected chi connectivity index (χ1v) is 5.01. The van der Waals surface area contributed by atoms with Gasteiger partial charge in [-0.05, 0) is 17.7 Å². The number of rotatable bonds is 2. The van der Waals surface area contributed by atoms with Crippen LogP contribution in [0.5, 0.6) is 0 Å². The Bertz CT molecular complexity index is 372. The second-order valence-corrected chi connectivity index (χ2v) is 3.89. The molecular formula is C10H11ClN2O2. The third-order valence-electron chi connectivity index (χ3n) is 2.45. The van der Waals surface area contributed by atoms with Crippen LogP contribution in [0.4, 0.5) is 0 Å². The summed E-state index contributed by atoms with van der Waals surface area (Å²) in [5, 5.41) is 14.3. The highest BCUT2D eigenvalue weighted by molar-refractivity contribution is 6.30. The van der Waals surface area contributed by atoms with Crippen LogP contribution in [0, 0.1) is 0 Å². The monoisotopic (exact) mass is 226 g/mol. The number of nitrogens with one attached hydrogen (secondary N) is 1. The summed E-state index contributed by atoms with van der Waals surface area (Å²) in [5.41, 5.74) is 0.842. The van der Waals surface area contributed by atoms with E-state index in [0.29, 0.717) is 11.6 Å². The van der Waals surface area contributed by atoms with Crippen LogP contribution in [-0.2, 0) is 4.79 Å². The van der Waals surface area contributed by atoms with E-state index < -0.39 is 6.04 Å². The standard InChI is InChI=1S/C10H11ClN2O2/c11-8-3-1-2-7(4-8)10-12-5-9(6-14)13(10)15/h1-4,6,9-10,12,15H,5H2. The van der Waals surface area contributed by atoms with Gasteiger partial charge in [0.15, 0.2) is 0 Å². The molecule has 5 heteroatoms. The Morgan fingerprint density at radius 3 is 3.00 bits per heavy atom. The number of halogens is 1. The molecule has 2 rings (SSSR count). The van der Waals surface area contributed by atoms with E-state index in [9.17, 15) is 10.0 Å². The maximum Gasteiger partial charge on any atom is 0.140 e. The van der Waals surface area contributed by atoms with Gasteiger partial charge < -0.3 is 10.0 Å². The van der Waals surface area contributed by atoms with Gasteiger partial charge in [0.2, 0.25) is 0 Å². The highest BCUT2D eigenvalue weighted by atomic mass is 35.5. The van der Waals surface area contributed by atoms with Crippen molar-refractivity contribution in [2.75, 3.05) is 6.54 Å². The maximum absolute atomic E-state index is 10.6. The summed E-state index contributed by atoms with van der Waals surface area (Å²) in [4.78, 5) is 10.6. The number of hydroxylamine groups is 2. The fraction of sp³-hybridized carbons (Fsp3) is 0.300. The number of hydrogen-bond acceptors (Lipinski definition) is 4. The molecule has 0 spiro atoms. The molecule has 1 aromatic carbocycles. The number of aldehydes is 1. The zero-order valence-electron chi connectivity index (χ0n) is 7.93. The first kappa shape index (κ1) is 10.6. The zero-order chi connectivity index (χ0) is 10.8. The van der Waals surface area contributed by atoms with Crippen molar-refractivity contribution in [1.29, 1.82) is 0 Å². The molecule has 80 valence electrons. The lowest BCUT2D eigenvalue weighted by atomic mass is 10.2. The average molecular weight is 227 g/mol. The van der Waals surface area contributed by atoms with Crippen LogP contribution in [0.25, 0.3) is 0 Å². The second kappa shape index (κ2) is 4.28. The van der Waals surface area contributed by atoms with Crippen LogP contribution in [0.3, 0.4) is 0 Å². The number of nitrogens with zero attached hydrogens (tertiary/aromatic N) is 1. The predicted molar refractivity (Wildman–Crippen MR) is 55.7 cm³/mol. The summed E-state index contributed by atoms with van der Waals surface area (Å²) in [7, 11) is 0. The summed E-state index contributed by atoms with van der Waals surface area (Å²) in [5.74, 6) is 0. The van der Waals surface area contributed by atoms with Gasteiger partial charge in [-0.25, -0.2) is 0 Å². The van der Waals surface area contributed by atoms with Crippen LogP contribution >= 0.6 is 11.6 Å². The molecule has 1 heterocycles. The number of carbonyl (C=O) groups is 1. The number of benzene rings is 1. The second-order valence-electron chi connectivity index (χ2n) is 3.45. The van der Waals surface area contributed by atoms with Crippen molar-refractivity contribution in [2.45, 2.75) is 12.2 Å². The molecule has 0 saturated carbocycles. The minimum atomic E-state index is -0.492. The Hall–Kier alpha value is -0.940. The molecule has 0 amide bonds. The van der Waals surface area contributed by atoms with E-state index in [-0.39, 0.29) is 6.17 Å². The van der Waals surface area contributed by atoms with Crippen LogP contribution in [0.15, 0.2) is 24.3 Å². The molecule has 2 unspecified atom stereocenters. The summed E-state index contributed by atoms with van der Waals surface area (Å²) >= 11 is 5.84. The fourth-order valence-electron chi connectivity index (χ4n) is 1.67. The van der Waals surface area contributed by atoms with Crippen molar-refractivity contribution in [1.82, 2.24) is 10.4 Å². The quantitative estimate of drug-likeness (QED) is 0.745. The first-order valence-electron chi connectivity index (χ1n) is 4.63. The Kier molecular flexibility index (Phi) is 3.02. The van der Waals surface area contributed by atoms with Gasteiger partial charge in [-0.3, -0.25) is 5.32 Å². The molecule has 1 aliphatic rings. The van der Waals surface area contributed by atoms with Gasteiger partial charge in [0.1, 0.15) is 18.5 Å². The maximum atomic E-state index is 10.6. The summed E-state index contributed by atoms with van der Waals surface area (Å²) < 4.78 is 0. The van der Waals surface area contributed by atoms with Gasteiger partial charge in [-0.2, -0.15) is 5.06 Å². The molecule has 1 aliphatic heterocycles. The van der Waals surface area contributed by atoms with Crippen LogP contribution in [0.2, 0.25) is 5.02 Å². The first-order chi connectivity index (χ1) is 7.22. The van der Waals surface area contributed by atoms with Crippen molar-refractivity contribution in [3.05, 3.63) is 34.9 Å². The van der Waals surface area contributed by atoms with E-state index in [1.54, 1.807) is 18.2 Å². The molecule has 0 bridgehead atoms. The van der Waals surface area contributed by atoms with E-state index in [0.717, 1.165) is 16.9 Å². The van der Waals surface area contributed by atoms with Crippen molar-refractivity contribution >= 4 is 17.9 Å². The largest absolute Gasteiger partial charge is 0.311 e. The van der Waals surface area contributed by atoms with Gasteiger partial charge in [-0.15, -0.1) is 0 Å². The van der Waals surface area contributed by atoms with Crippen molar-refractivity contribution in [3.8, 4) is 0 Å². The average Bonchev–Trinajstić information content (AvgIpc) is 2.59. The van der Waals surface area contributed by atoms with E-state index in [1.807, 2.05) is 6.07 Å². The van der Waals surface area contributed by atoms with Crippen molar-refractivity contribution in [3.63, 3.8) is 0 Å². The van der Waals surface area contributed by atoms with Gasteiger partial charge in [0.05, 0.1) is 0 Å². The topological polar surface area (TPSA) is 52.6 Å². The molecule has 1 saturated heterocycles. The van der Waals surface area contributed by atoms with Crippen molar-refractivity contribution in [2.24, 2.45) is 0 Å². The molecule has 0 aliphatic carbocycles. The molecule has 4 nitrogen and oxygen atoms in total. The van der Waals surface area contributed by atoms with E-state index in [1.165, 1.54) is 0 Å². The summed E-state index contributed by atoms with van der Waals surface area (Å²) in [6, 6.07) is 6.68. The van der Waals surface area contributed by atoms with Gasteiger partial charge in [0, 0.05) is 11.6 Å². The lowest BCUT2D eigenvalue weighted by Gasteiger charge is -2.19. The predicted octanol–water partition coefficient (Wildman–Crippen LogP) is 1.20. The van der Waals surface area contributed by atoms with E-state index >= 15 is 0 Å². The van der Waals surface area contributed by atoms with Gasteiger partial charge in [0.25, 0.3) is 0 Å². The van der Waals surface area contributed by atoms with E-state index in [2.05, 4.69) is 5.32 Å². The molecule has 15 heavy (non-hydrogen) atoms. The van der Waals surface area contributed by atoms with Crippen LogP contribution in [-0.4, -0.2) is 29.1 Å². The summed E-state index contributed by atoms with van der Waals surface area (Å²) in [6.07, 6.45) is 0.358. The Morgan fingerprint density at radius 1 is 1.60 bits per heavy atom. The lowest BCUT2D eigenvalue weighted by Crippen LogP contribution is -2.30. The summed E-state index contributed by atoms with van der Waals surface area (Å²) in [6.45, 7) is 0.442. The molecule has 1 fully saturated rings. The van der Waals surface area contributed by atoms with E-state index in [4.69, 9.17) is 11.6 Å². The van der Waals surface area contributed by atoms with Crippen LogP contribution < -0.4 is 5.32 Å². The zero-order valence-corrected chi connectivity index (χ0v) is 8.69. The molecule has 2 N–H and O–H groups in total. The highest BCUT2D eigenvalue weighted by Crippen LogP contribution is 2.24.